The molecular formula is C23H29ClO10. The molecule has 34 heavy (non-hydrogen) atoms. The van der Waals surface area contributed by atoms with Crippen molar-refractivity contribution >= 4 is 35.5 Å². The van der Waals surface area contributed by atoms with E-state index in [-0.39, 0.29) is 11.1 Å². The number of carbonyl (C=O) groups is 4. The highest BCUT2D eigenvalue weighted by Gasteiger charge is 2.65. The Bertz CT molecular complexity index is 938. The average Bonchev–Trinajstić information content (AvgIpc) is 3.34. The zero-order valence-corrected chi connectivity index (χ0v) is 20.4. The molecule has 2 heterocycles. The number of epoxide rings is 1. The molecule has 0 saturated carbocycles. The minimum atomic E-state index is -2.14. The van der Waals surface area contributed by atoms with Gasteiger partial charge in [-0.2, -0.15) is 0 Å². The molecule has 3 rings (SSSR count). The van der Waals surface area contributed by atoms with Crippen molar-refractivity contribution in [2.45, 2.75) is 81.5 Å². The third-order valence-electron chi connectivity index (χ3n) is 6.61. The van der Waals surface area contributed by atoms with Gasteiger partial charge in [-0.05, 0) is 33.6 Å². The largest absolute Gasteiger partial charge is 0.466 e. The normalized spacial score (nSPS) is 36.9. The van der Waals surface area contributed by atoms with Crippen LogP contribution in [0.4, 0.5) is 0 Å². The van der Waals surface area contributed by atoms with Crippen LogP contribution in [0.1, 0.15) is 40.5 Å². The lowest BCUT2D eigenvalue weighted by Crippen LogP contribution is -2.52. The van der Waals surface area contributed by atoms with Crippen LogP contribution in [-0.2, 0) is 42.9 Å². The summed E-state index contributed by atoms with van der Waals surface area (Å²) in [7, 11) is 1.15. The number of hydrogen-bond acceptors (Lipinski definition) is 10. The monoisotopic (exact) mass is 500 g/mol. The van der Waals surface area contributed by atoms with Crippen molar-refractivity contribution in [1.29, 1.82) is 0 Å². The van der Waals surface area contributed by atoms with Crippen LogP contribution in [0.25, 0.3) is 0 Å². The number of rotatable bonds is 5. The predicted octanol–water partition coefficient (Wildman–Crippen LogP) is 1.36. The van der Waals surface area contributed by atoms with Crippen LogP contribution in [-0.4, -0.2) is 77.1 Å². The first-order chi connectivity index (χ1) is 15.7. The number of ether oxygens (including phenoxy) is 5. The maximum absolute atomic E-state index is 13.0. The second-order valence-electron chi connectivity index (χ2n) is 9.13. The molecule has 0 aromatic rings. The number of esters is 4. The lowest BCUT2D eigenvalue weighted by atomic mass is 9.80. The van der Waals surface area contributed by atoms with Crippen molar-refractivity contribution in [2.24, 2.45) is 5.92 Å². The van der Waals surface area contributed by atoms with Gasteiger partial charge in [-0.25, -0.2) is 14.4 Å². The third kappa shape index (κ3) is 4.71. The summed E-state index contributed by atoms with van der Waals surface area (Å²) < 4.78 is 27.4. The molecule has 2 fully saturated rings. The fraction of sp³-hybridized carbons (Fsp3) is 0.652. The van der Waals surface area contributed by atoms with Gasteiger partial charge in [0.2, 0.25) is 0 Å². The van der Waals surface area contributed by atoms with E-state index in [0.717, 1.165) is 21.0 Å². The van der Waals surface area contributed by atoms with Gasteiger partial charge in [0.1, 0.15) is 12.2 Å². The summed E-state index contributed by atoms with van der Waals surface area (Å²) in [4.78, 5) is 50.3. The predicted molar refractivity (Wildman–Crippen MR) is 116 cm³/mol. The molecular weight excluding hydrogens is 472 g/mol. The minimum Gasteiger partial charge on any atom is -0.466 e. The summed E-state index contributed by atoms with van der Waals surface area (Å²) in [5, 5.41) is 9.54. The van der Waals surface area contributed by atoms with Crippen LogP contribution >= 0.6 is 11.6 Å². The zero-order valence-electron chi connectivity index (χ0n) is 19.7. The molecule has 0 amide bonds. The summed E-state index contributed by atoms with van der Waals surface area (Å²) in [5.74, 6) is -4.55. The lowest BCUT2D eigenvalue weighted by Gasteiger charge is -2.35. The van der Waals surface area contributed by atoms with Crippen LogP contribution in [0.2, 0.25) is 0 Å². The van der Waals surface area contributed by atoms with Gasteiger partial charge in [-0.15, -0.1) is 11.6 Å². The molecule has 188 valence electrons. The van der Waals surface area contributed by atoms with E-state index in [0.29, 0.717) is 12.8 Å². The van der Waals surface area contributed by atoms with Gasteiger partial charge < -0.3 is 28.8 Å². The Morgan fingerprint density at radius 2 is 2.00 bits per heavy atom. The summed E-state index contributed by atoms with van der Waals surface area (Å²) in [6.07, 6.45) is -2.12. The van der Waals surface area contributed by atoms with Crippen LogP contribution < -0.4 is 0 Å². The standard InChI is InChI=1S/C23H29ClO10/c1-10-14-16(33-21(28)23(5,29)11(2)24)15(31-12(3)25)13(20(27)30-6)8-7-9-22(4)18(34-22)17(14)32-19(10)26/h8,11,14-18,29H,1,7,9H2,2-6H3/b13-8+/t11-,14+,15-,16-,17-,18-,22+,23-/m0/s1. The van der Waals surface area contributed by atoms with Crippen molar-refractivity contribution < 1.29 is 48.0 Å². The Balaban J connectivity index is 2.18. The smallest absolute Gasteiger partial charge is 0.339 e. The molecule has 10 nitrogen and oxygen atoms in total. The molecule has 2 saturated heterocycles. The number of carbonyl (C=O) groups excluding carboxylic acids is 4. The number of allylic oxidation sites excluding steroid dienone is 1. The van der Waals surface area contributed by atoms with Gasteiger partial charge in [-0.3, -0.25) is 4.79 Å². The second-order valence-corrected chi connectivity index (χ2v) is 9.78. The zero-order chi connectivity index (χ0) is 25.6. The Morgan fingerprint density at radius 1 is 1.35 bits per heavy atom. The Morgan fingerprint density at radius 3 is 2.56 bits per heavy atom. The minimum absolute atomic E-state index is 0.0545. The van der Waals surface area contributed by atoms with Gasteiger partial charge in [-0.1, -0.05) is 12.7 Å². The molecule has 0 aromatic heterocycles. The van der Waals surface area contributed by atoms with E-state index in [1.165, 1.54) is 13.0 Å². The average molecular weight is 501 g/mol. The Kier molecular flexibility index (Phi) is 7.17. The maximum atomic E-state index is 13.0. The van der Waals surface area contributed by atoms with E-state index < -0.39 is 70.8 Å². The molecule has 1 aliphatic carbocycles. The summed E-state index contributed by atoms with van der Waals surface area (Å²) in [5.41, 5.74) is -2.95. The van der Waals surface area contributed by atoms with Crippen molar-refractivity contribution in [3.05, 3.63) is 23.8 Å². The van der Waals surface area contributed by atoms with Gasteiger partial charge in [0.25, 0.3) is 0 Å². The molecule has 0 spiro atoms. The highest BCUT2D eigenvalue weighted by atomic mass is 35.5. The van der Waals surface area contributed by atoms with Crippen molar-refractivity contribution in [1.82, 2.24) is 0 Å². The summed E-state index contributed by atoms with van der Waals surface area (Å²) >= 11 is 5.98. The van der Waals surface area contributed by atoms with E-state index in [9.17, 15) is 24.3 Å². The van der Waals surface area contributed by atoms with E-state index in [2.05, 4.69) is 6.58 Å². The molecule has 11 heteroatoms. The number of halogens is 1. The van der Waals surface area contributed by atoms with Gasteiger partial charge in [0, 0.05) is 12.5 Å². The van der Waals surface area contributed by atoms with Crippen LogP contribution in [0.3, 0.4) is 0 Å². The fourth-order valence-electron chi connectivity index (χ4n) is 4.28. The number of alkyl halides is 1. The van der Waals surface area contributed by atoms with Gasteiger partial charge in [0.05, 0.1) is 29.6 Å². The lowest BCUT2D eigenvalue weighted by molar-refractivity contribution is -0.184. The van der Waals surface area contributed by atoms with E-state index in [1.807, 2.05) is 6.92 Å². The molecule has 0 aromatic carbocycles. The molecule has 0 radical (unpaired) electrons. The fourth-order valence-corrected chi connectivity index (χ4v) is 4.37. The van der Waals surface area contributed by atoms with Crippen molar-refractivity contribution in [3.8, 4) is 0 Å². The number of aliphatic hydroxyl groups is 1. The van der Waals surface area contributed by atoms with E-state index in [1.54, 1.807) is 0 Å². The second kappa shape index (κ2) is 9.31. The molecule has 0 unspecified atom stereocenters. The van der Waals surface area contributed by atoms with Crippen LogP contribution in [0, 0.1) is 5.92 Å². The molecule has 1 N–H and O–H groups in total. The number of fused-ring (bicyclic) bond motifs is 3. The molecule has 8 atom stereocenters. The third-order valence-corrected chi connectivity index (χ3v) is 7.03. The molecule has 2 aliphatic heterocycles. The maximum Gasteiger partial charge on any atom is 0.339 e. The molecule has 0 bridgehead atoms. The number of methoxy groups -OCH3 is 1. The van der Waals surface area contributed by atoms with Crippen molar-refractivity contribution in [3.63, 3.8) is 0 Å². The summed E-state index contributed by atoms with van der Waals surface area (Å²) in [6, 6.07) is 0. The quantitative estimate of drug-likeness (QED) is 0.193. The summed E-state index contributed by atoms with van der Waals surface area (Å²) in [6.45, 7) is 9.30. The highest BCUT2D eigenvalue weighted by Crippen LogP contribution is 2.50. The Labute approximate surface area is 202 Å². The van der Waals surface area contributed by atoms with Crippen LogP contribution in [0.15, 0.2) is 23.8 Å². The van der Waals surface area contributed by atoms with E-state index >= 15 is 0 Å². The first kappa shape index (κ1) is 26.2. The van der Waals surface area contributed by atoms with E-state index in [4.69, 9.17) is 35.3 Å². The van der Waals surface area contributed by atoms with Crippen LogP contribution in [0.5, 0.6) is 0 Å². The highest BCUT2D eigenvalue weighted by molar-refractivity contribution is 6.22. The topological polar surface area (TPSA) is 138 Å². The van der Waals surface area contributed by atoms with Crippen molar-refractivity contribution in [2.75, 3.05) is 7.11 Å². The SMILES string of the molecule is C=C1C(=O)O[C@H]2[C@H]1[C@H](OC(=O)[C@@](C)(O)[C@H](C)Cl)[C@@H](OC(C)=O)/C(C(=O)OC)=C\CC[C@@]1(C)O[C@@H]21. The molecule has 3 aliphatic rings. The van der Waals surface area contributed by atoms with Gasteiger partial charge in [0.15, 0.2) is 17.8 Å². The first-order valence-corrected chi connectivity index (χ1v) is 11.3. The first-order valence-electron chi connectivity index (χ1n) is 10.8. The number of hydrogen-bond donors (Lipinski definition) is 1. The Hall–Kier alpha value is -2.43. The van der Waals surface area contributed by atoms with Gasteiger partial charge >= 0.3 is 23.9 Å².